The molecule has 10 heteroatoms. The van der Waals surface area contributed by atoms with Crippen LogP contribution in [0.15, 0.2) is 60.7 Å². The summed E-state index contributed by atoms with van der Waals surface area (Å²) in [6.45, 7) is 1.14. The Bertz CT molecular complexity index is 1210. The van der Waals surface area contributed by atoms with Gasteiger partial charge in [0.05, 0.1) is 30.0 Å². The Morgan fingerprint density at radius 3 is 2.51 bits per heavy atom. The average Bonchev–Trinajstić information content (AvgIpc) is 2.82. The minimum atomic E-state index is -1.29. The number of hydrogen-bond acceptors (Lipinski definition) is 5. The van der Waals surface area contributed by atoms with Crippen LogP contribution < -0.4 is 15.4 Å². The summed E-state index contributed by atoms with van der Waals surface area (Å²) >= 11 is 1.92. The van der Waals surface area contributed by atoms with Gasteiger partial charge in [0, 0.05) is 16.7 Å². The number of amides is 1. The molecule has 1 aliphatic rings. The van der Waals surface area contributed by atoms with Gasteiger partial charge in [-0.25, -0.2) is 13.2 Å². The zero-order valence-corrected chi connectivity index (χ0v) is 20.7. The molecule has 1 heterocycles. The standard InChI is InChI=1S/C25H23F3IN3O3/c26-19-8-7-18(23(22(19)28)31-21-9-6-16(29)12-20(21)27)24(33)32-14-25(34,15-32)13-30-10-11-35-17-4-2-1-3-5-17/h1-9,12,30-31,34H,10-11,13-15H2. The van der Waals surface area contributed by atoms with E-state index in [1.165, 1.54) is 17.0 Å². The molecule has 0 unspecified atom stereocenters. The maximum Gasteiger partial charge on any atom is 0.256 e. The van der Waals surface area contributed by atoms with Gasteiger partial charge >= 0.3 is 0 Å². The minimum absolute atomic E-state index is 0.00864. The van der Waals surface area contributed by atoms with Gasteiger partial charge in [0.2, 0.25) is 0 Å². The van der Waals surface area contributed by atoms with Crippen LogP contribution in [0.2, 0.25) is 0 Å². The molecule has 0 spiro atoms. The van der Waals surface area contributed by atoms with Crippen LogP contribution in [0.1, 0.15) is 10.4 Å². The molecule has 0 aromatic heterocycles. The van der Waals surface area contributed by atoms with Crippen molar-refractivity contribution in [3.63, 3.8) is 0 Å². The molecule has 3 N–H and O–H groups in total. The van der Waals surface area contributed by atoms with Crippen LogP contribution in [0, 0.1) is 21.0 Å². The molecule has 3 aromatic carbocycles. The molecule has 1 fully saturated rings. The van der Waals surface area contributed by atoms with Gasteiger partial charge in [-0.05, 0) is 65.1 Å². The maximum absolute atomic E-state index is 14.6. The first-order valence-corrected chi connectivity index (χ1v) is 11.9. The first-order valence-electron chi connectivity index (χ1n) is 10.9. The Kier molecular flexibility index (Phi) is 7.82. The molecule has 35 heavy (non-hydrogen) atoms. The maximum atomic E-state index is 14.6. The van der Waals surface area contributed by atoms with E-state index in [-0.39, 0.29) is 30.9 Å². The van der Waals surface area contributed by atoms with E-state index >= 15 is 0 Å². The number of β-amino-alcohol motifs (C(OH)–C–C–N with tert-alkyl or cyclic N) is 1. The Balaban J connectivity index is 1.35. The van der Waals surface area contributed by atoms with E-state index in [1.54, 1.807) is 6.07 Å². The van der Waals surface area contributed by atoms with Gasteiger partial charge in [-0.3, -0.25) is 4.79 Å². The quantitative estimate of drug-likeness (QED) is 0.254. The number of ether oxygens (including phenoxy) is 1. The van der Waals surface area contributed by atoms with E-state index in [2.05, 4.69) is 10.6 Å². The number of aliphatic hydroxyl groups is 1. The Morgan fingerprint density at radius 1 is 1.06 bits per heavy atom. The minimum Gasteiger partial charge on any atom is -0.492 e. The van der Waals surface area contributed by atoms with Gasteiger partial charge in [0.15, 0.2) is 11.6 Å². The topological polar surface area (TPSA) is 73.8 Å². The summed E-state index contributed by atoms with van der Waals surface area (Å²) in [5.74, 6) is -2.98. The summed E-state index contributed by atoms with van der Waals surface area (Å²) in [5.41, 5.74) is -1.86. The zero-order chi connectivity index (χ0) is 25.0. The summed E-state index contributed by atoms with van der Waals surface area (Å²) in [4.78, 5) is 14.3. The van der Waals surface area contributed by atoms with Crippen molar-refractivity contribution in [2.75, 3.05) is 38.1 Å². The van der Waals surface area contributed by atoms with Crippen LogP contribution >= 0.6 is 22.6 Å². The SMILES string of the molecule is O=C(c1ccc(F)c(F)c1Nc1ccc(I)cc1F)N1CC(O)(CNCCOc2ccccc2)C1. The highest BCUT2D eigenvalue weighted by molar-refractivity contribution is 14.1. The molecule has 1 amide bonds. The number of likely N-dealkylation sites (tertiary alicyclic amines) is 1. The summed E-state index contributed by atoms with van der Waals surface area (Å²) in [5, 5.41) is 16.3. The molecule has 6 nitrogen and oxygen atoms in total. The lowest BCUT2D eigenvalue weighted by atomic mass is 9.92. The molecular formula is C25H23F3IN3O3. The van der Waals surface area contributed by atoms with Crippen LogP contribution in [0.5, 0.6) is 5.75 Å². The lowest BCUT2D eigenvalue weighted by molar-refractivity contribution is -0.0786. The van der Waals surface area contributed by atoms with Crippen LogP contribution in [0.25, 0.3) is 0 Å². The normalized spacial score (nSPS) is 14.4. The number of nitrogens with zero attached hydrogens (tertiary/aromatic N) is 1. The molecule has 4 rings (SSSR count). The zero-order valence-electron chi connectivity index (χ0n) is 18.5. The first-order chi connectivity index (χ1) is 16.8. The van der Waals surface area contributed by atoms with E-state index in [9.17, 15) is 23.1 Å². The number of nitrogens with one attached hydrogen (secondary N) is 2. The Hall–Kier alpha value is -2.83. The van der Waals surface area contributed by atoms with Crippen molar-refractivity contribution in [1.82, 2.24) is 10.2 Å². The highest BCUT2D eigenvalue weighted by Crippen LogP contribution is 2.31. The Morgan fingerprint density at radius 2 is 1.80 bits per heavy atom. The van der Waals surface area contributed by atoms with Crippen LogP contribution in [-0.4, -0.2) is 54.3 Å². The molecule has 1 aliphatic heterocycles. The summed E-state index contributed by atoms with van der Waals surface area (Å²) in [6, 6.07) is 15.5. The van der Waals surface area contributed by atoms with E-state index in [0.29, 0.717) is 16.7 Å². The summed E-state index contributed by atoms with van der Waals surface area (Å²) in [6.07, 6.45) is 0. The third-order valence-electron chi connectivity index (χ3n) is 5.52. The van der Waals surface area contributed by atoms with Gasteiger partial charge in [0.1, 0.15) is 23.8 Å². The lowest BCUT2D eigenvalue weighted by Crippen LogP contribution is -2.67. The van der Waals surface area contributed by atoms with E-state index in [1.807, 2.05) is 52.9 Å². The van der Waals surface area contributed by atoms with Gasteiger partial charge in [0.25, 0.3) is 5.91 Å². The molecule has 184 valence electrons. The first kappa shape index (κ1) is 25.3. The van der Waals surface area contributed by atoms with E-state index < -0.39 is 34.6 Å². The lowest BCUT2D eigenvalue weighted by Gasteiger charge is -2.46. The molecule has 0 radical (unpaired) electrons. The van der Waals surface area contributed by atoms with Crippen LogP contribution in [0.4, 0.5) is 24.5 Å². The van der Waals surface area contributed by atoms with Crippen molar-refractivity contribution in [3.8, 4) is 5.75 Å². The fraction of sp³-hybridized carbons (Fsp3) is 0.240. The number of hydrogen-bond donors (Lipinski definition) is 3. The number of carbonyl (C=O) groups excluding carboxylic acids is 1. The summed E-state index contributed by atoms with van der Waals surface area (Å²) in [7, 11) is 0. The van der Waals surface area contributed by atoms with Gasteiger partial charge < -0.3 is 25.4 Å². The molecule has 0 saturated carbocycles. The molecule has 1 saturated heterocycles. The van der Waals surface area contributed by atoms with Gasteiger partial charge in [-0.15, -0.1) is 0 Å². The van der Waals surface area contributed by atoms with Crippen molar-refractivity contribution >= 4 is 39.9 Å². The monoisotopic (exact) mass is 597 g/mol. The van der Waals surface area contributed by atoms with Crippen molar-refractivity contribution in [2.24, 2.45) is 0 Å². The second-order valence-corrected chi connectivity index (χ2v) is 9.50. The number of halogens is 4. The van der Waals surface area contributed by atoms with Gasteiger partial charge in [-0.1, -0.05) is 18.2 Å². The second-order valence-electron chi connectivity index (χ2n) is 8.26. The van der Waals surface area contributed by atoms with Crippen LogP contribution in [0.3, 0.4) is 0 Å². The highest BCUT2D eigenvalue weighted by atomic mass is 127. The third-order valence-corrected chi connectivity index (χ3v) is 6.19. The van der Waals surface area contributed by atoms with Gasteiger partial charge in [-0.2, -0.15) is 0 Å². The number of rotatable bonds is 9. The number of carbonyl (C=O) groups is 1. The van der Waals surface area contributed by atoms with E-state index in [4.69, 9.17) is 4.74 Å². The molecular weight excluding hydrogens is 574 g/mol. The van der Waals surface area contributed by atoms with E-state index in [0.717, 1.165) is 17.9 Å². The van der Waals surface area contributed by atoms with Crippen molar-refractivity contribution in [1.29, 1.82) is 0 Å². The highest BCUT2D eigenvalue weighted by Gasteiger charge is 2.44. The molecule has 0 bridgehead atoms. The number of para-hydroxylation sites is 1. The van der Waals surface area contributed by atoms with Crippen molar-refractivity contribution in [2.45, 2.75) is 5.60 Å². The molecule has 0 atom stereocenters. The van der Waals surface area contributed by atoms with Crippen molar-refractivity contribution in [3.05, 3.63) is 87.2 Å². The average molecular weight is 597 g/mol. The fourth-order valence-electron chi connectivity index (χ4n) is 3.75. The smallest absolute Gasteiger partial charge is 0.256 e. The Labute approximate surface area is 214 Å². The second kappa shape index (κ2) is 10.8. The molecule has 3 aromatic rings. The predicted octanol–water partition coefficient (Wildman–Crippen LogP) is 4.31. The fourth-order valence-corrected chi connectivity index (χ4v) is 4.20. The van der Waals surface area contributed by atoms with Crippen LogP contribution in [-0.2, 0) is 0 Å². The largest absolute Gasteiger partial charge is 0.492 e. The number of anilines is 2. The predicted molar refractivity (Wildman–Crippen MR) is 134 cm³/mol. The van der Waals surface area contributed by atoms with Crippen molar-refractivity contribution < 1.29 is 27.8 Å². The summed E-state index contributed by atoms with van der Waals surface area (Å²) < 4.78 is 49.0. The third kappa shape index (κ3) is 6.06. The number of benzene rings is 3. The molecule has 0 aliphatic carbocycles.